The smallest absolute Gasteiger partial charge is 0.0464 e. The van der Waals surface area contributed by atoms with E-state index in [1.54, 1.807) is 7.11 Å². The minimum atomic E-state index is 0.369. The van der Waals surface area contributed by atoms with Gasteiger partial charge in [0.2, 0.25) is 0 Å². The Morgan fingerprint density at radius 1 is 1.25 bits per heavy atom. The summed E-state index contributed by atoms with van der Waals surface area (Å²) < 4.78 is 5.18. The lowest BCUT2D eigenvalue weighted by Gasteiger charge is -2.36. The molecule has 2 atom stereocenters. The summed E-state index contributed by atoms with van der Waals surface area (Å²) in [6, 6.07) is 0. The van der Waals surface area contributed by atoms with E-state index in [0.717, 1.165) is 26.1 Å². The highest BCUT2D eigenvalue weighted by molar-refractivity contribution is 4.80. The molecule has 1 N–H and O–H groups in total. The van der Waals surface area contributed by atoms with Gasteiger partial charge in [-0.3, -0.25) is 0 Å². The zero-order valence-corrected chi connectivity index (χ0v) is 12.1. The van der Waals surface area contributed by atoms with Crippen LogP contribution in [0.1, 0.15) is 47.5 Å². The van der Waals surface area contributed by atoms with Gasteiger partial charge in [-0.15, -0.1) is 0 Å². The highest BCUT2D eigenvalue weighted by atomic mass is 16.5. The molecule has 0 spiro atoms. The summed E-state index contributed by atoms with van der Waals surface area (Å²) >= 11 is 0. The molecule has 2 heteroatoms. The fraction of sp³-hybridized carbons (Fsp3) is 1.00. The maximum Gasteiger partial charge on any atom is 0.0464 e. The van der Waals surface area contributed by atoms with Gasteiger partial charge in [-0.1, -0.05) is 34.6 Å². The Morgan fingerprint density at radius 2 is 1.88 bits per heavy atom. The molecule has 0 aliphatic carbocycles. The van der Waals surface area contributed by atoms with Crippen LogP contribution in [0, 0.1) is 17.3 Å². The first kappa shape index (κ1) is 15.9. The van der Waals surface area contributed by atoms with Gasteiger partial charge in [0.15, 0.2) is 0 Å². The van der Waals surface area contributed by atoms with Crippen LogP contribution < -0.4 is 5.32 Å². The Kier molecular flexibility index (Phi) is 8.04. The van der Waals surface area contributed by atoms with Crippen LogP contribution in [0.25, 0.3) is 0 Å². The monoisotopic (exact) mass is 229 g/mol. The Morgan fingerprint density at radius 3 is 2.31 bits per heavy atom. The standard InChI is InChI=1S/C14H31NO/c1-7-9-15-11-13(14(3,4)5)12(2)8-10-16-6/h12-13,15H,7-11H2,1-6H3. The van der Waals surface area contributed by atoms with Gasteiger partial charge >= 0.3 is 0 Å². The lowest BCUT2D eigenvalue weighted by Crippen LogP contribution is -2.36. The summed E-state index contributed by atoms with van der Waals surface area (Å²) in [4.78, 5) is 0. The molecule has 0 saturated heterocycles. The molecule has 16 heavy (non-hydrogen) atoms. The fourth-order valence-electron chi connectivity index (χ4n) is 2.30. The van der Waals surface area contributed by atoms with Crippen molar-refractivity contribution in [2.24, 2.45) is 17.3 Å². The van der Waals surface area contributed by atoms with Crippen LogP contribution in [0.2, 0.25) is 0 Å². The largest absolute Gasteiger partial charge is 0.385 e. The number of hydrogen-bond donors (Lipinski definition) is 1. The third kappa shape index (κ3) is 6.49. The molecule has 0 saturated carbocycles. The zero-order chi connectivity index (χ0) is 12.6. The lowest BCUT2D eigenvalue weighted by atomic mass is 9.72. The van der Waals surface area contributed by atoms with Crippen LogP contribution in [0.15, 0.2) is 0 Å². The third-order valence-electron chi connectivity index (χ3n) is 3.37. The van der Waals surface area contributed by atoms with Crippen molar-refractivity contribution >= 4 is 0 Å². The van der Waals surface area contributed by atoms with Crippen LogP contribution >= 0.6 is 0 Å². The summed E-state index contributed by atoms with van der Waals surface area (Å²) in [5, 5.41) is 3.56. The first-order valence-electron chi connectivity index (χ1n) is 6.63. The van der Waals surface area contributed by atoms with Gasteiger partial charge in [0.1, 0.15) is 0 Å². The van der Waals surface area contributed by atoms with Gasteiger partial charge in [0.25, 0.3) is 0 Å². The fourth-order valence-corrected chi connectivity index (χ4v) is 2.30. The molecule has 0 radical (unpaired) electrons. The molecule has 0 bridgehead atoms. The summed E-state index contributed by atoms with van der Waals surface area (Å²) in [6.45, 7) is 14.7. The molecule has 0 aromatic carbocycles. The van der Waals surface area contributed by atoms with Crippen LogP contribution in [0.4, 0.5) is 0 Å². The van der Waals surface area contributed by atoms with Crippen molar-refractivity contribution < 1.29 is 4.74 Å². The Labute approximate surface area is 102 Å². The van der Waals surface area contributed by atoms with E-state index >= 15 is 0 Å². The van der Waals surface area contributed by atoms with E-state index in [1.165, 1.54) is 6.42 Å². The Bertz CT molecular complexity index is 163. The highest BCUT2D eigenvalue weighted by Crippen LogP contribution is 2.33. The molecule has 2 unspecified atom stereocenters. The lowest BCUT2D eigenvalue weighted by molar-refractivity contribution is 0.117. The summed E-state index contributed by atoms with van der Waals surface area (Å²) in [6.07, 6.45) is 2.37. The predicted octanol–water partition coefficient (Wildman–Crippen LogP) is 3.32. The van der Waals surface area contributed by atoms with E-state index < -0.39 is 0 Å². The van der Waals surface area contributed by atoms with E-state index in [0.29, 0.717) is 17.3 Å². The van der Waals surface area contributed by atoms with Gasteiger partial charge in [0.05, 0.1) is 0 Å². The second kappa shape index (κ2) is 8.08. The molecule has 0 heterocycles. The first-order valence-corrected chi connectivity index (χ1v) is 6.63. The number of methoxy groups -OCH3 is 1. The summed E-state index contributed by atoms with van der Waals surface area (Å²) in [7, 11) is 1.79. The van der Waals surface area contributed by atoms with Gasteiger partial charge in [-0.25, -0.2) is 0 Å². The number of rotatable bonds is 8. The summed E-state index contributed by atoms with van der Waals surface area (Å²) in [5.41, 5.74) is 0.369. The van der Waals surface area contributed by atoms with E-state index in [2.05, 4.69) is 39.9 Å². The van der Waals surface area contributed by atoms with Crippen LogP contribution in [0.3, 0.4) is 0 Å². The van der Waals surface area contributed by atoms with Gasteiger partial charge in [0, 0.05) is 13.7 Å². The van der Waals surface area contributed by atoms with Crippen LogP contribution in [-0.4, -0.2) is 26.8 Å². The average molecular weight is 229 g/mol. The van der Waals surface area contributed by atoms with E-state index in [1.807, 2.05) is 0 Å². The van der Waals surface area contributed by atoms with Crippen molar-refractivity contribution in [3.05, 3.63) is 0 Å². The quantitative estimate of drug-likeness (QED) is 0.645. The van der Waals surface area contributed by atoms with Crippen molar-refractivity contribution in [1.29, 1.82) is 0 Å². The van der Waals surface area contributed by atoms with Gasteiger partial charge < -0.3 is 10.1 Å². The third-order valence-corrected chi connectivity index (χ3v) is 3.37. The van der Waals surface area contributed by atoms with Crippen molar-refractivity contribution in [3.8, 4) is 0 Å². The maximum absolute atomic E-state index is 5.18. The molecule has 0 amide bonds. The SMILES string of the molecule is CCCNCC(C(C)CCOC)C(C)(C)C. The van der Waals surface area contributed by atoms with Crippen molar-refractivity contribution in [2.45, 2.75) is 47.5 Å². The molecule has 0 aromatic rings. The minimum absolute atomic E-state index is 0.369. The Balaban J connectivity index is 4.19. The molecule has 98 valence electrons. The van der Waals surface area contributed by atoms with Gasteiger partial charge in [-0.05, 0) is 43.2 Å². The van der Waals surface area contributed by atoms with E-state index in [-0.39, 0.29) is 0 Å². The predicted molar refractivity (Wildman–Crippen MR) is 71.8 cm³/mol. The average Bonchev–Trinajstić information content (AvgIpc) is 2.19. The second-order valence-electron chi connectivity index (χ2n) is 5.94. The normalized spacial score (nSPS) is 16.1. The number of hydrogen-bond acceptors (Lipinski definition) is 2. The molecule has 0 aliphatic heterocycles. The molecule has 0 aliphatic rings. The molecule has 0 fully saturated rings. The second-order valence-corrected chi connectivity index (χ2v) is 5.94. The van der Waals surface area contributed by atoms with Crippen molar-refractivity contribution in [2.75, 3.05) is 26.8 Å². The van der Waals surface area contributed by atoms with E-state index in [4.69, 9.17) is 4.74 Å². The number of nitrogens with one attached hydrogen (secondary N) is 1. The topological polar surface area (TPSA) is 21.3 Å². The molecular weight excluding hydrogens is 198 g/mol. The summed E-state index contributed by atoms with van der Waals surface area (Å²) in [5.74, 6) is 1.43. The maximum atomic E-state index is 5.18. The molecular formula is C14H31NO. The molecule has 0 rings (SSSR count). The van der Waals surface area contributed by atoms with Crippen molar-refractivity contribution in [1.82, 2.24) is 5.32 Å². The zero-order valence-electron chi connectivity index (χ0n) is 12.1. The Hall–Kier alpha value is -0.0800. The highest BCUT2D eigenvalue weighted by Gasteiger charge is 2.28. The first-order chi connectivity index (χ1) is 7.43. The molecule has 0 aromatic heterocycles. The van der Waals surface area contributed by atoms with E-state index in [9.17, 15) is 0 Å². The van der Waals surface area contributed by atoms with Crippen LogP contribution in [-0.2, 0) is 4.74 Å². The minimum Gasteiger partial charge on any atom is -0.385 e. The van der Waals surface area contributed by atoms with Crippen LogP contribution in [0.5, 0.6) is 0 Å². The van der Waals surface area contributed by atoms with Crippen molar-refractivity contribution in [3.63, 3.8) is 0 Å². The number of ether oxygens (including phenoxy) is 1. The van der Waals surface area contributed by atoms with Gasteiger partial charge in [-0.2, -0.15) is 0 Å². The molecule has 2 nitrogen and oxygen atoms in total.